The van der Waals surface area contributed by atoms with Crippen LogP contribution in [0.1, 0.15) is 24.8 Å². The molecule has 1 aromatic carbocycles. The van der Waals surface area contributed by atoms with E-state index in [0.717, 1.165) is 43.0 Å². The number of anilines is 2. The second-order valence-electron chi connectivity index (χ2n) is 5.81. The summed E-state index contributed by atoms with van der Waals surface area (Å²) in [6, 6.07) is 9.19. The van der Waals surface area contributed by atoms with E-state index in [1.807, 2.05) is 18.2 Å². The molecule has 0 spiro atoms. The van der Waals surface area contributed by atoms with Crippen molar-refractivity contribution in [1.29, 1.82) is 0 Å². The third-order valence-corrected chi connectivity index (χ3v) is 4.17. The van der Waals surface area contributed by atoms with Gasteiger partial charge in [0, 0.05) is 19.2 Å². The van der Waals surface area contributed by atoms with Crippen molar-refractivity contribution in [3.05, 3.63) is 42.2 Å². The van der Waals surface area contributed by atoms with Gasteiger partial charge < -0.3 is 20.4 Å². The number of nitrogens with zero attached hydrogens (tertiary/aromatic N) is 3. The molecular formula is C17H22N4O2. The number of hydrogen-bond donors (Lipinski definition) is 3. The molecule has 2 heterocycles. The maximum absolute atomic E-state index is 9.55. The van der Waals surface area contributed by atoms with Gasteiger partial charge in [0.2, 0.25) is 0 Å². The van der Waals surface area contributed by atoms with E-state index < -0.39 is 0 Å². The van der Waals surface area contributed by atoms with Gasteiger partial charge in [-0.05, 0) is 37.0 Å². The molecule has 0 amide bonds. The molecule has 3 N–H and O–H groups in total. The van der Waals surface area contributed by atoms with E-state index >= 15 is 0 Å². The summed E-state index contributed by atoms with van der Waals surface area (Å²) < 4.78 is 0. The Hall–Kier alpha value is -2.34. The number of aliphatic hydroxyl groups excluding tert-OH is 1. The Morgan fingerprint density at radius 3 is 2.96 bits per heavy atom. The zero-order valence-electron chi connectivity index (χ0n) is 13.0. The molecule has 6 nitrogen and oxygen atoms in total. The molecule has 23 heavy (non-hydrogen) atoms. The molecule has 6 heteroatoms. The monoisotopic (exact) mass is 314 g/mol. The Labute approximate surface area is 135 Å². The van der Waals surface area contributed by atoms with Crippen LogP contribution in [0.25, 0.3) is 0 Å². The first-order valence-corrected chi connectivity index (χ1v) is 7.97. The van der Waals surface area contributed by atoms with Crippen LogP contribution >= 0.6 is 0 Å². The highest BCUT2D eigenvalue weighted by Gasteiger charge is 2.23. The lowest BCUT2D eigenvalue weighted by Crippen LogP contribution is -2.42. The minimum absolute atomic E-state index is 0.137. The summed E-state index contributed by atoms with van der Waals surface area (Å²) in [5, 5.41) is 22.3. The summed E-state index contributed by atoms with van der Waals surface area (Å²) >= 11 is 0. The van der Waals surface area contributed by atoms with Gasteiger partial charge >= 0.3 is 0 Å². The number of phenolic OH excluding ortho intramolecular Hbond substituents is 1. The lowest BCUT2D eigenvalue weighted by Gasteiger charge is -2.35. The summed E-state index contributed by atoms with van der Waals surface area (Å²) in [5.41, 5.74) is 0.983. The number of benzene rings is 1. The molecule has 2 aromatic rings. The molecule has 1 saturated heterocycles. The van der Waals surface area contributed by atoms with Crippen molar-refractivity contribution in [3.8, 4) is 5.75 Å². The van der Waals surface area contributed by atoms with Gasteiger partial charge in [-0.15, -0.1) is 0 Å². The van der Waals surface area contributed by atoms with E-state index in [1.165, 1.54) is 0 Å². The average molecular weight is 314 g/mol. The topological polar surface area (TPSA) is 81.5 Å². The van der Waals surface area contributed by atoms with Crippen LogP contribution in [0, 0.1) is 0 Å². The van der Waals surface area contributed by atoms with E-state index in [9.17, 15) is 10.2 Å². The van der Waals surface area contributed by atoms with Crippen LogP contribution in [-0.4, -0.2) is 39.4 Å². The van der Waals surface area contributed by atoms with E-state index in [1.54, 1.807) is 18.5 Å². The second kappa shape index (κ2) is 7.28. The fourth-order valence-electron chi connectivity index (χ4n) is 2.95. The summed E-state index contributed by atoms with van der Waals surface area (Å²) in [7, 11) is 0. The van der Waals surface area contributed by atoms with Crippen molar-refractivity contribution in [3.63, 3.8) is 0 Å². The minimum Gasteiger partial charge on any atom is -0.508 e. The third kappa shape index (κ3) is 3.90. The number of aromatic nitrogens is 2. The quantitative estimate of drug-likeness (QED) is 0.784. The van der Waals surface area contributed by atoms with Crippen LogP contribution in [0.3, 0.4) is 0 Å². The minimum atomic E-state index is 0.137. The zero-order valence-corrected chi connectivity index (χ0v) is 13.0. The molecular weight excluding hydrogens is 292 g/mol. The van der Waals surface area contributed by atoms with Crippen molar-refractivity contribution in [2.75, 3.05) is 23.4 Å². The van der Waals surface area contributed by atoms with Gasteiger partial charge in [0.1, 0.15) is 23.7 Å². The molecule has 122 valence electrons. The van der Waals surface area contributed by atoms with Gasteiger partial charge in [0.15, 0.2) is 0 Å². The predicted octanol–water partition coefficient (Wildman–Crippen LogP) is 2.15. The summed E-state index contributed by atoms with van der Waals surface area (Å²) in [6.45, 7) is 1.64. The van der Waals surface area contributed by atoms with Gasteiger partial charge in [-0.3, -0.25) is 0 Å². The lowest BCUT2D eigenvalue weighted by atomic mass is 10.0. The molecule has 0 bridgehead atoms. The second-order valence-corrected chi connectivity index (χ2v) is 5.81. The largest absolute Gasteiger partial charge is 0.508 e. The van der Waals surface area contributed by atoms with Crippen molar-refractivity contribution in [2.45, 2.75) is 31.8 Å². The van der Waals surface area contributed by atoms with E-state index in [2.05, 4.69) is 20.2 Å². The number of piperidine rings is 1. The highest BCUT2D eigenvalue weighted by Crippen LogP contribution is 2.24. The molecule has 3 rings (SSSR count). The molecule has 1 aliphatic rings. The van der Waals surface area contributed by atoms with Gasteiger partial charge in [0.05, 0.1) is 12.6 Å². The van der Waals surface area contributed by atoms with Crippen molar-refractivity contribution in [2.24, 2.45) is 0 Å². The van der Waals surface area contributed by atoms with Crippen LogP contribution in [-0.2, 0) is 6.54 Å². The van der Waals surface area contributed by atoms with Crippen LogP contribution in [0.2, 0.25) is 0 Å². The smallest absolute Gasteiger partial charge is 0.134 e. The Balaban J connectivity index is 1.69. The zero-order chi connectivity index (χ0) is 16.1. The Bertz CT molecular complexity index is 650. The highest BCUT2D eigenvalue weighted by atomic mass is 16.3. The standard InChI is InChI=1S/C17H22N4O2/c22-11-14-5-1-2-7-21(14)17-9-16(19-12-20-17)18-10-13-4-3-6-15(23)8-13/h3-4,6,8-9,12,14,22-23H,1-2,5,7,10-11H2,(H,18,19,20). The number of phenols is 1. The Morgan fingerprint density at radius 1 is 1.22 bits per heavy atom. The molecule has 1 fully saturated rings. The lowest BCUT2D eigenvalue weighted by molar-refractivity contribution is 0.239. The van der Waals surface area contributed by atoms with Crippen LogP contribution in [0.15, 0.2) is 36.7 Å². The van der Waals surface area contributed by atoms with Crippen molar-refractivity contribution in [1.82, 2.24) is 9.97 Å². The van der Waals surface area contributed by atoms with E-state index in [0.29, 0.717) is 6.54 Å². The number of nitrogens with one attached hydrogen (secondary N) is 1. The van der Waals surface area contributed by atoms with Gasteiger partial charge in [-0.25, -0.2) is 9.97 Å². The molecule has 1 aromatic heterocycles. The molecule has 1 unspecified atom stereocenters. The first-order valence-electron chi connectivity index (χ1n) is 7.97. The number of aliphatic hydroxyl groups is 1. The third-order valence-electron chi connectivity index (χ3n) is 4.17. The molecule has 0 radical (unpaired) electrons. The summed E-state index contributed by atoms with van der Waals surface area (Å²) in [4.78, 5) is 10.8. The van der Waals surface area contributed by atoms with Gasteiger partial charge in [0.25, 0.3) is 0 Å². The Morgan fingerprint density at radius 2 is 2.13 bits per heavy atom. The predicted molar refractivity (Wildman–Crippen MR) is 89.5 cm³/mol. The fraction of sp³-hybridized carbons (Fsp3) is 0.412. The van der Waals surface area contributed by atoms with Crippen LogP contribution in [0.4, 0.5) is 11.6 Å². The maximum atomic E-state index is 9.55. The molecule has 0 saturated carbocycles. The maximum Gasteiger partial charge on any atom is 0.134 e. The van der Waals surface area contributed by atoms with Crippen LogP contribution in [0.5, 0.6) is 5.75 Å². The number of aromatic hydroxyl groups is 1. The van der Waals surface area contributed by atoms with Crippen molar-refractivity contribution >= 4 is 11.6 Å². The first kappa shape index (κ1) is 15.6. The molecule has 1 aliphatic heterocycles. The Kier molecular flexibility index (Phi) is 4.92. The number of hydrogen-bond acceptors (Lipinski definition) is 6. The highest BCUT2D eigenvalue weighted by molar-refractivity contribution is 5.49. The van der Waals surface area contributed by atoms with Crippen LogP contribution < -0.4 is 10.2 Å². The molecule has 1 atom stereocenters. The molecule has 0 aliphatic carbocycles. The fourth-order valence-corrected chi connectivity index (χ4v) is 2.95. The summed E-state index contributed by atoms with van der Waals surface area (Å²) in [6.07, 6.45) is 4.80. The van der Waals surface area contributed by atoms with Gasteiger partial charge in [-0.1, -0.05) is 12.1 Å². The van der Waals surface area contributed by atoms with Crippen molar-refractivity contribution < 1.29 is 10.2 Å². The normalized spacial score (nSPS) is 18.0. The summed E-state index contributed by atoms with van der Waals surface area (Å²) in [5.74, 6) is 1.84. The van der Waals surface area contributed by atoms with E-state index in [4.69, 9.17) is 0 Å². The number of rotatable bonds is 5. The first-order chi connectivity index (χ1) is 11.3. The SMILES string of the molecule is OCC1CCCCN1c1cc(NCc2cccc(O)c2)ncn1. The average Bonchev–Trinajstić information content (AvgIpc) is 2.60. The van der Waals surface area contributed by atoms with E-state index in [-0.39, 0.29) is 18.4 Å². The van der Waals surface area contributed by atoms with Gasteiger partial charge in [-0.2, -0.15) is 0 Å².